The van der Waals surface area contributed by atoms with E-state index in [9.17, 15) is 9.59 Å². The van der Waals surface area contributed by atoms with Gasteiger partial charge in [0.25, 0.3) is 0 Å². The van der Waals surface area contributed by atoms with Crippen LogP contribution in [0.25, 0.3) is 0 Å². The molecule has 1 saturated heterocycles. The summed E-state index contributed by atoms with van der Waals surface area (Å²) in [6.07, 6.45) is -0.490. The van der Waals surface area contributed by atoms with Crippen LogP contribution in [0.3, 0.4) is 0 Å². The lowest BCUT2D eigenvalue weighted by Gasteiger charge is -2.26. The number of carboxylic acids is 1. The minimum Gasteiger partial charge on any atom is -0.480 e. The van der Waals surface area contributed by atoms with E-state index >= 15 is 0 Å². The number of nitrogens with zero attached hydrogens (tertiary/aromatic N) is 2. The van der Waals surface area contributed by atoms with Gasteiger partial charge in [0.05, 0.1) is 12.3 Å². The first-order chi connectivity index (χ1) is 8.74. The molecular weight excluding hydrogens is 252 g/mol. The zero-order valence-corrected chi connectivity index (χ0v) is 11.7. The van der Waals surface area contributed by atoms with Crippen LogP contribution in [-0.4, -0.2) is 52.6 Å². The average Bonchev–Trinajstić information content (AvgIpc) is 2.68. The highest BCUT2D eigenvalue weighted by Crippen LogP contribution is 2.20. The van der Waals surface area contributed by atoms with E-state index in [-0.39, 0.29) is 13.0 Å². The maximum atomic E-state index is 11.9. The summed E-state index contributed by atoms with van der Waals surface area (Å²) in [5, 5.41) is 12.9. The second-order valence-corrected chi connectivity index (χ2v) is 5.24. The number of hydrogen-bond acceptors (Lipinski definition) is 5. The van der Waals surface area contributed by atoms with Crippen molar-refractivity contribution < 1.29 is 24.3 Å². The van der Waals surface area contributed by atoms with Crippen LogP contribution >= 0.6 is 0 Å². The van der Waals surface area contributed by atoms with Gasteiger partial charge in [0.1, 0.15) is 18.2 Å². The molecule has 0 radical (unpaired) electrons. The summed E-state index contributed by atoms with van der Waals surface area (Å²) >= 11 is 0. The van der Waals surface area contributed by atoms with Crippen molar-refractivity contribution in [3.8, 4) is 0 Å². The largest absolute Gasteiger partial charge is 0.480 e. The molecule has 0 aliphatic carbocycles. The molecule has 1 heterocycles. The molecule has 19 heavy (non-hydrogen) atoms. The fourth-order valence-electron chi connectivity index (χ4n) is 1.66. The second kappa shape index (κ2) is 5.90. The maximum Gasteiger partial charge on any atom is 0.411 e. The number of amides is 1. The zero-order chi connectivity index (χ0) is 14.6. The molecule has 1 atom stereocenters. The predicted octanol–water partition coefficient (Wildman–Crippen LogP) is 1.47. The van der Waals surface area contributed by atoms with Crippen LogP contribution in [0.5, 0.6) is 0 Å². The predicted molar refractivity (Wildman–Crippen MR) is 68.0 cm³/mol. The summed E-state index contributed by atoms with van der Waals surface area (Å²) in [4.78, 5) is 29.1. The molecule has 0 bridgehead atoms. The van der Waals surface area contributed by atoms with Crippen molar-refractivity contribution in [2.75, 3.05) is 13.2 Å². The molecule has 1 N–H and O–H groups in total. The molecule has 0 spiro atoms. The van der Waals surface area contributed by atoms with Gasteiger partial charge in [-0.3, -0.25) is 4.90 Å². The van der Waals surface area contributed by atoms with Crippen LogP contribution in [-0.2, 0) is 14.4 Å². The van der Waals surface area contributed by atoms with Crippen molar-refractivity contribution in [1.82, 2.24) is 4.90 Å². The third kappa shape index (κ3) is 4.42. The van der Waals surface area contributed by atoms with E-state index in [1.54, 1.807) is 27.7 Å². The van der Waals surface area contributed by atoms with Gasteiger partial charge in [-0.05, 0) is 27.7 Å². The number of oxime groups is 1. The van der Waals surface area contributed by atoms with Gasteiger partial charge >= 0.3 is 12.1 Å². The van der Waals surface area contributed by atoms with E-state index in [1.807, 2.05) is 0 Å². The molecule has 0 saturated carbocycles. The second-order valence-electron chi connectivity index (χ2n) is 5.24. The molecule has 0 aromatic carbocycles. The third-order valence-corrected chi connectivity index (χ3v) is 2.39. The number of hydrogen-bond donors (Lipinski definition) is 1. The van der Waals surface area contributed by atoms with Crippen LogP contribution in [0.2, 0.25) is 0 Å². The standard InChI is InChI=1S/C12H20N2O5/c1-5-18-13-8-6-9(10(15)16)14(7-8)11(17)19-12(2,3)4/h9H,5-7H2,1-4H3,(H,15,16)/b13-8-/t9-/m0/s1. The number of aliphatic carboxylic acids is 1. The molecule has 0 aromatic heterocycles. The van der Waals surface area contributed by atoms with Gasteiger partial charge in [-0.15, -0.1) is 0 Å². The summed E-state index contributed by atoms with van der Waals surface area (Å²) < 4.78 is 5.18. The van der Waals surface area contributed by atoms with Crippen LogP contribution in [0.4, 0.5) is 4.79 Å². The number of rotatable bonds is 3. The Bertz CT molecular complexity index is 386. The van der Waals surface area contributed by atoms with Crippen molar-refractivity contribution in [3.63, 3.8) is 0 Å². The zero-order valence-electron chi connectivity index (χ0n) is 11.7. The molecule has 108 valence electrons. The number of carboxylic acid groups (broad SMARTS) is 1. The highest BCUT2D eigenvalue weighted by atomic mass is 16.6. The van der Waals surface area contributed by atoms with E-state index in [2.05, 4.69) is 5.16 Å². The number of ether oxygens (including phenoxy) is 1. The smallest absolute Gasteiger partial charge is 0.411 e. The molecular formula is C12H20N2O5. The molecule has 1 aliphatic heterocycles. The van der Waals surface area contributed by atoms with E-state index in [0.29, 0.717) is 12.3 Å². The lowest BCUT2D eigenvalue weighted by molar-refractivity contribution is -0.142. The van der Waals surface area contributed by atoms with E-state index in [1.165, 1.54) is 0 Å². The molecule has 7 nitrogen and oxygen atoms in total. The molecule has 1 fully saturated rings. The Morgan fingerprint density at radius 1 is 1.47 bits per heavy atom. The molecule has 1 rings (SSSR count). The molecule has 0 unspecified atom stereocenters. The summed E-state index contributed by atoms with van der Waals surface area (Å²) in [6.45, 7) is 7.47. The Balaban J connectivity index is 2.79. The van der Waals surface area contributed by atoms with Crippen molar-refractivity contribution in [2.24, 2.45) is 5.16 Å². The molecule has 1 aliphatic rings. The molecule has 0 aromatic rings. The van der Waals surface area contributed by atoms with Crippen LogP contribution < -0.4 is 0 Å². The minimum atomic E-state index is -1.08. The van der Waals surface area contributed by atoms with Gasteiger partial charge in [-0.1, -0.05) is 5.16 Å². The number of carbonyl (C=O) groups is 2. The molecule has 7 heteroatoms. The van der Waals surface area contributed by atoms with Crippen LogP contribution in [0.15, 0.2) is 5.16 Å². The Hall–Kier alpha value is -1.79. The third-order valence-electron chi connectivity index (χ3n) is 2.39. The summed E-state index contributed by atoms with van der Waals surface area (Å²) in [6, 6.07) is -0.950. The van der Waals surface area contributed by atoms with Crippen molar-refractivity contribution in [3.05, 3.63) is 0 Å². The SMILES string of the molecule is CCO/N=C1/C[C@@H](C(=O)O)N(C(=O)OC(C)(C)C)C1. The first-order valence-corrected chi connectivity index (χ1v) is 6.14. The van der Waals surface area contributed by atoms with Gasteiger partial charge in [0, 0.05) is 6.42 Å². The monoisotopic (exact) mass is 272 g/mol. The fraction of sp³-hybridized carbons (Fsp3) is 0.750. The summed E-state index contributed by atoms with van der Waals surface area (Å²) in [7, 11) is 0. The molecule has 1 amide bonds. The minimum absolute atomic E-state index is 0.117. The van der Waals surface area contributed by atoms with E-state index in [0.717, 1.165) is 4.90 Å². The first kappa shape index (κ1) is 15.3. The fourth-order valence-corrected chi connectivity index (χ4v) is 1.66. The average molecular weight is 272 g/mol. The number of likely N-dealkylation sites (tertiary alicyclic amines) is 1. The Labute approximate surface area is 112 Å². The maximum absolute atomic E-state index is 11.9. The highest BCUT2D eigenvalue weighted by molar-refractivity contribution is 5.98. The van der Waals surface area contributed by atoms with Gasteiger partial charge in [0.2, 0.25) is 0 Å². The van der Waals surface area contributed by atoms with E-state index in [4.69, 9.17) is 14.7 Å². The lowest BCUT2D eigenvalue weighted by atomic mass is 10.2. The van der Waals surface area contributed by atoms with Crippen LogP contribution in [0, 0.1) is 0 Å². The first-order valence-electron chi connectivity index (χ1n) is 6.14. The van der Waals surface area contributed by atoms with Gasteiger partial charge in [-0.2, -0.15) is 0 Å². The normalized spacial score (nSPS) is 21.6. The van der Waals surface area contributed by atoms with Crippen LogP contribution in [0.1, 0.15) is 34.1 Å². The topological polar surface area (TPSA) is 88.4 Å². The summed E-state index contributed by atoms with van der Waals surface area (Å²) in [5.74, 6) is -1.08. The quantitative estimate of drug-likeness (QED) is 0.786. The van der Waals surface area contributed by atoms with Crippen molar-refractivity contribution in [1.29, 1.82) is 0 Å². The Kier molecular flexibility index (Phi) is 4.74. The van der Waals surface area contributed by atoms with Gasteiger partial charge in [0.15, 0.2) is 0 Å². The van der Waals surface area contributed by atoms with Gasteiger partial charge in [-0.25, -0.2) is 9.59 Å². The summed E-state index contributed by atoms with van der Waals surface area (Å²) in [5.41, 5.74) is -0.139. The van der Waals surface area contributed by atoms with E-state index < -0.39 is 23.7 Å². The number of carbonyl (C=O) groups excluding carboxylic acids is 1. The van der Waals surface area contributed by atoms with Crippen molar-refractivity contribution in [2.45, 2.75) is 45.8 Å². The van der Waals surface area contributed by atoms with Crippen molar-refractivity contribution >= 4 is 17.8 Å². The highest BCUT2D eigenvalue weighted by Gasteiger charge is 2.40. The Morgan fingerprint density at radius 2 is 2.11 bits per heavy atom. The van der Waals surface area contributed by atoms with Gasteiger partial charge < -0.3 is 14.7 Å². The lowest BCUT2D eigenvalue weighted by Crippen LogP contribution is -2.43. The Morgan fingerprint density at radius 3 is 2.58 bits per heavy atom.